The zero-order valence-electron chi connectivity index (χ0n) is 44.3. The quantitative estimate of drug-likeness (QED) is 0.150. The van der Waals surface area contributed by atoms with Crippen molar-refractivity contribution in [1.29, 1.82) is 0 Å². The number of aliphatic hydroxyl groups is 4. The Balaban J connectivity index is 1.41. The van der Waals surface area contributed by atoms with Crippen LogP contribution in [-0.4, -0.2) is 177 Å². The lowest BCUT2D eigenvalue weighted by Gasteiger charge is -2.50. The molecule has 0 bridgehead atoms. The average molecular weight is 1010 g/mol. The van der Waals surface area contributed by atoms with Crippen molar-refractivity contribution in [3.8, 4) is 5.75 Å². The Bertz CT molecular complexity index is 2060. The molecule has 5 N–H and O–H groups in total. The molecular weight excluding hydrogens is 923 g/mol. The van der Waals surface area contributed by atoms with Gasteiger partial charge in [-0.05, 0) is 80.0 Å². The highest BCUT2D eigenvalue weighted by Crippen LogP contribution is 2.42. The van der Waals surface area contributed by atoms with Crippen LogP contribution < -0.4 is 10.1 Å². The SMILES string of the molecule is CC[C@H]1OC(=O)[C@H](C)[C@@H](O[C@H]2C[C@@](C)(OC)[C@@H](O)[C@H](C)O2)[C@H](C)[C@@H](O[C@@H]2O[C@H](C)C[C@H](N(C)CCc3cn(CCOc4cccc(NC(C)=O)c4)nn3)[C@H]2O)[C@](C)(OC)C[C@@H](C)C(=O)[C@H](C)[C@@H](O)[C@]1(C)O. The molecule has 3 aliphatic heterocycles. The lowest BCUT2D eigenvalue weighted by Crippen LogP contribution is -2.61. The van der Waals surface area contributed by atoms with Crippen molar-refractivity contribution < 1.29 is 72.7 Å². The van der Waals surface area contributed by atoms with E-state index in [0.29, 0.717) is 44.0 Å². The lowest BCUT2D eigenvalue weighted by atomic mass is 9.74. The van der Waals surface area contributed by atoms with Crippen molar-refractivity contribution in [3.63, 3.8) is 0 Å². The second kappa shape index (κ2) is 24.6. The zero-order chi connectivity index (χ0) is 52.7. The standard InChI is InChI=1S/C51H83N5O15/c1-15-39-51(11,63)44(60)30(4)41(58)28(2)25-50(10,65-14)46(31(5)43(32(6)47(62)69-39)70-40-26-49(9,64-13)45(61)33(7)68-40)71-48-42(59)38(23-29(3)67-48)55(12)20-19-36-27-56(54-53-36)21-22-66-37-18-16-17-35(24-37)52-34(8)57/h16-18,24,27-33,38-40,42-46,48,59-61,63H,15,19-23,25-26H2,1-14H3,(H,52,57)/t28-,29-,30+,31+,32-,33+,38+,39-,40+,42-,43+,44-,45+,46-,48+,49-,50-,51-/m1/s1. The van der Waals surface area contributed by atoms with Crippen LogP contribution in [0.1, 0.15) is 108 Å². The smallest absolute Gasteiger partial charge is 0.311 e. The zero-order valence-corrected chi connectivity index (χ0v) is 44.3. The molecule has 3 aliphatic rings. The number of nitrogens with one attached hydrogen (secondary N) is 1. The van der Waals surface area contributed by atoms with E-state index in [4.69, 9.17) is 37.9 Å². The van der Waals surface area contributed by atoms with Gasteiger partial charge < -0.3 is 68.5 Å². The maximum Gasteiger partial charge on any atom is 0.311 e. The van der Waals surface area contributed by atoms with Gasteiger partial charge in [-0.15, -0.1) is 5.10 Å². The summed E-state index contributed by atoms with van der Waals surface area (Å²) in [7, 11) is 4.91. The van der Waals surface area contributed by atoms with Gasteiger partial charge in [-0.3, -0.25) is 14.4 Å². The summed E-state index contributed by atoms with van der Waals surface area (Å²) in [4.78, 5) is 42.2. The Labute approximate surface area is 419 Å². The number of ether oxygens (including phenoxy) is 8. The summed E-state index contributed by atoms with van der Waals surface area (Å²) in [6, 6.07) is 6.70. The van der Waals surface area contributed by atoms with E-state index in [1.807, 2.05) is 38.1 Å². The van der Waals surface area contributed by atoms with Crippen LogP contribution in [0.5, 0.6) is 5.75 Å². The third kappa shape index (κ3) is 13.9. The molecule has 3 saturated heterocycles. The summed E-state index contributed by atoms with van der Waals surface area (Å²) in [6.45, 7) is 19.7. The number of ketones is 1. The summed E-state index contributed by atoms with van der Waals surface area (Å²) >= 11 is 0. The number of carbonyl (C=O) groups excluding carboxylic acids is 3. The van der Waals surface area contributed by atoms with Gasteiger partial charge in [0.25, 0.3) is 0 Å². The molecule has 1 amide bonds. The number of aliphatic hydroxyl groups excluding tert-OH is 3. The molecule has 5 rings (SSSR count). The van der Waals surface area contributed by atoms with Gasteiger partial charge in [-0.2, -0.15) is 0 Å². The third-order valence-corrected chi connectivity index (χ3v) is 15.2. The molecule has 71 heavy (non-hydrogen) atoms. The lowest BCUT2D eigenvalue weighted by molar-refractivity contribution is -0.319. The van der Waals surface area contributed by atoms with Gasteiger partial charge >= 0.3 is 5.97 Å². The first-order valence-electron chi connectivity index (χ1n) is 25.1. The molecule has 18 atom stereocenters. The van der Waals surface area contributed by atoms with Crippen molar-refractivity contribution in [2.45, 2.75) is 199 Å². The number of hydrogen-bond acceptors (Lipinski definition) is 18. The van der Waals surface area contributed by atoms with E-state index < -0.39 is 108 Å². The molecule has 4 heterocycles. The molecule has 1 aromatic heterocycles. The Hall–Kier alpha value is -3.67. The van der Waals surface area contributed by atoms with Crippen LogP contribution in [0.25, 0.3) is 0 Å². The second-order valence-electron chi connectivity index (χ2n) is 20.9. The van der Waals surface area contributed by atoms with E-state index in [9.17, 15) is 34.8 Å². The van der Waals surface area contributed by atoms with Crippen molar-refractivity contribution in [2.24, 2.45) is 23.7 Å². The minimum Gasteiger partial charge on any atom is -0.492 e. The van der Waals surface area contributed by atoms with Crippen LogP contribution in [0.4, 0.5) is 5.69 Å². The summed E-state index contributed by atoms with van der Waals surface area (Å²) in [5.41, 5.74) is -3.03. The molecule has 0 saturated carbocycles. The third-order valence-electron chi connectivity index (χ3n) is 15.2. The molecule has 0 spiro atoms. The Morgan fingerprint density at radius 3 is 2.30 bits per heavy atom. The number of benzene rings is 1. The first-order valence-corrected chi connectivity index (χ1v) is 25.1. The number of amides is 1. The average Bonchev–Trinajstić information content (AvgIpc) is 3.79. The van der Waals surface area contributed by atoms with Gasteiger partial charge in [-0.25, -0.2) is 4.68 Å². The van der Waals surface area contributed by atoms with Crippen LogP contribution in [0.15, 0.2) is 30.5 Å². The number of cyclic esters (lactones) is 1. The first-order chi connectivity index (χ1) is 33.3. The number of nitrogens with zero attached hydrogens (tertiary/aromatic N) is 4. The van der Waals surface area contributed by atoms with Crippen molar-refractivity contribution in [2.75, 3.05) is 39.7 Å². The predicted octanol–water partition coefficient (Wildman–Crippen LogP) is 3.68. The summed E-state index contributed by atoms with van der Waals surface area (Å²) in [6.07, 6.45) is -7.31. The molecule has 20 nitrogen and oxygen atoms in total. The van der Waals surface area contributed by atoms with E-state index in [1.165, 1.54) is 28.1 Å². The number of rotatable bonds is 16. The van der Waals surface area contributed by atoms with Gasteiger partial charge in [-0.1, -0.05) is 39.0 Å². The fourth-order valence-corrected chi connectivity index (χ4v) is 10.7. The number of carbonyl (C=O) groups is 3. The monoisotopic (exact) mass is 1010 g/mol. The van der Waals surface area contributed by atoms with Crippen LogP contribution in [0.2, 0.25) is 0 Å². The van der Waals surface area contributed by atoms with E-state index in [-0.39, 0.29) is 37.1 Å². The molecule has 1 aromatic carbocycles. The maximum atomic E-state index is 14.5. The summed E-state index contributed by atoms with van der Waals surface area (Å²) in [5.74, 6) is -4.33. The van der Waals surface area contributed by atoms with Gasteiger partial charge in [0.1, 0.15) is 42.1 Å². The number of anilines is 1. The second-order valence-corrected chi connectivity index (χ2v) is 20.9. The molecule has 0 aliphatic carbocycles. The van der Waals surface area contributed by atoms with E-state index in [1.54, 1.807) is 71.3 Å². The highest BCUT2D eigenvalue weighted by atomic mass is 16.7. The van der Waals surface area contributed by atoms with E-state index in [0.717, 1.165) is 5.69 Å². The van der Waals surface area contributed by atoms with Crippen molar-refractivity contribution in [3.05, 3.63) is 36.2 Å². The minimum atomic E-state index is -2.01. The Morgan fingerprint density at radius 1 is 0.958 bits per heavy atom. The van der Waals surface area contributed by atoms with Crippen molar-refractivity contribution in [1.82, 2.24) is 19.9 Å². The van der Waals surface area contributed by atoms with Crippen molar-refractivity contribution >= 4 is 23.3 Å². The number of methoxy groups -OCH3 is 2. The fraction of sp³-hybridized carbons (Fsp3) is 0.784. The number of hydrogen-bond donors (Lipinski definition) is 5. The molecule has 3 fully saturated rings. The minimum absolute atomic E-state index is 0.0600. The number of esters is 1. The van der Waals surface area contributed by atoms with Gasteiger partial charge in [0, 0.05) is 82.3 Å². The first kappa shape index (κ1) is 58.2. The molecule has 402 valence electrons. The fourth-order valence-electron chi connectivity index (χ4n) is 10.7. The van der Waals surface area contributed by atoms with Gasteiger partial charge in [0.2, 0.25) is 5.91 Å². The largest absolute Gasteiger partial charge is 0.492 e. The Kier molecular flexibility index (Phi) is 20.2. The highest BCUT2D eigenvalue weighted by Gasteiger charge is 2.54. The maximum absolute atomic E-state index is 14.5. The molecular formula is C51H83N5O15. The van der Waals surface area contributed by atoms with E-state index in [2.05, 4.69) is 15.6 Å². The van der Waals surface area contributed by atoms with Gasteiger partial charge in [0.05, 0.1) is 59.9 Å². The van der Waals surface area contributed by atoms with Crippen LogP contribution in [0.3, 0.4) is 0 Å². The van der Waals surface area contributed by atoms with Crippen LogP contribution in [-0.2, 0) is 60.5 Å². The highest BCUT2D eigenvalue weighted by molar-refractivity contribution is 5.88. The molecule has 20 heteroatoms. The summed E-state index contributed by atoms with van der Waals surface area (Å²) < 4.78 is 52.3. The van der Waals surface area contributed by atoms with E-state index >= 15 is 0 Å². The number of aromatic nitrogens is 3. The predicted molar refractivity (Wildman–Crippen MR) is 260 cm³/mol. The summed E-state index contributed by atoms with van der Waals surface area (Å²) in [5, 5.41) is 58.1. The molecule has 2 aromatic rings. The topological polar surface area (TPSA) is 252 Å². The van der Waals surface area contributed by atoms with Crippen LogP contribution >= 0.6 is 0 Å². The number of Topliss-reactive ketones (excluding diaryl/α,β-unsaturated/α-hetero) is 1. The molecule has 0 unspecified atom stereocenters. The van der Waals surface area contributed by atoms with Gasteiger partial charge in [0.15, 0.2) is 12.6 Å². The molecule has 0 radical (unpaired) electrons. The van der Waals surface area contributed by atoms with Crippen LogP contribution in [0, 0.1) is 23.7 Å². The number of likely N-dealkylation sites (N-methyl/N-ethyl adjacent to an activating group) is 1. The Morgan fingerprint density at radius 2 is 1.65 bits per heavy atom. The normalized spacial score (nSPS) is 38.9.